The number of rotatable bonds is 9. The topological polar surface area (TPSA) is 54.9 Å². The second-order valence-corrected chi connectivity index (χ2v) is 6.29. The highest BCUT2D eigenvalue weighted by Gasteiger charge is 2.07. The molecule has 0 bridgehead atoms. The van der Waals surface area contributed by atoms with Gasteiger partial charge in [0.15, 0.2) is 5.96 Å². The SMILES string of the molecule is CN=C(NCCc1cc(F)ccc1F)NCc1ccc(C)cc1OCCOC.I. The van der Waals surface area contributed by atoms with Gasteiger partial charge in [0, 0.05) is 32.8 Å². The molecule has 2 rings (SSSR count). The number of aryl methyl sites for hydroxylation is 1. The van der Waals surface area contributed by atoms with E-state index in [-0.39, 0.29) is 24.0 Å². The van der Waals surface area contributed by atoms with Crippen LogP contribution in [0.15, 0.2) is 41.4 Å². The molecule has 0 fully saturated rings. The fourth-order valence-electron chi connectivity index (χ4n) is 2.63. The normalized spacial score (nSPS) is 11.0. The Morgan fingerprint density at radius 2 is 1.83 bits per heavy atom. The van der Waals surface area contributed by atoms with Crippen molar-refractivity contribution in [2.45, 2.75) is 19.9 Å². The number of methoxy groups -OCH3 is 1. The summed E-state index contributed by atoms with van der Waals surface area (Å²) >= 11 is 0. The van der Waals surface area contributed by atoms with Crippen molar-refractivity contribution < 1.29 is 18.3 Å². The second-order valence-electron chi connectivity index (χ2n) is 6.29. The van der Waals surface area contributed by atoms with Gasteiger partial charge < -0.3 is 20.1 Å². The molecule has 0 spiro atoms. The predicted octanol–water partition coefficient (Wildman–Crippen LogP) is 3.82. The second kappa shape index (κ2) is 13.3. The highest BCUT2D eigenvalue weighted by atomic mass is 127. The molecular formula is C21H28F2IN3O2. The highest BCUT2D eigenvalue weighted by Crippen LogP contribution is 2.20. The zero-order valence-electron chi connectivity index (χ0n) is 16.9. The maximum atomic E-state index is 13.7. The fourth-order valence-corrected chi connectivity index (χ4v) is 2.63. The number of nitrogens with one attached hydrogen (secondary N) is 2. The minimum atomic E-state index is -0.445. The Balaban J connectivity index is 0.00000420. The Hall–Kier alpha value is -1.94. The first kappa shape index (κ1) is 25.1. The molecule has 0 aliphatic rings. The van der Waals surface area contributed by atoms with Gasteiger partial charge >= 0.3 is 0 Å². The third kappa shape index (κ3) is 8.53. The molecule has 0 saturated carbocycles. The van der Waals surface area contributed by atoms with Gasteiger partial charge in [0.25, 0.3) is 0 Å². The van der Waals surface area contributed by atoms with Crippen molar-refractivity contribution in [2.24, 2.45) is 4.99 Å². The van der Waals surface area contributed by atoms with Crippen LogP contribution in [0.4, 0.5) is 8.78 Å². The van der Waals surface area contributed by atoms with Crippen molar-refractivity contribution in [3.63, 3.8) is 0 Å². The molecule has 0 heterocycles. The molecule has 0 aromatic heterocycles. The number of ether oxygens (including phenoxy) is 2. The number of halogens is 3. The molecule has 8 heteroatoms. The van der Waals surface area contributed by atoms with E-state index in [1.165, 1.54) is 6.07 Å². The molecule has 0 aliphatic heterocycles. The molecule has 2 N–H and O–H groups in total. The third-order valence-corrected chi connectivity index (χ3v) is 4.13. The van der Waals surface area contributed by atoms with Crippen LogP contribution in [0.5, 0.6) is 5.75 Å². The molecule has 29 heavy (non-hydrogen) atoms. The van der Waals surface area contributed by atoms with E-state index in [9.17, 15) is 8.78 Å². The summed E-state index contributed by atoms with van der Waals surface area (Å²) < 4.78 is 37.7. The van der Waals surface area contributed by atoms with E-state index in [2.05, 4.69) is 15.6 Å². The van der Waals surface area contributed by atoms with Gasteiger partial charge in [-0.3, -0.25) is 4.99 Å². The predicted molar refractivity (Wildman–Crippen MR) is 122 cm³/mol. The van der Waals surface area contributed by atoms with Gasteiger partial charge in [-0.05, 0) is 48.7 Å². The zero-order chi connectivity index (χ0) is 20.4. The maximum absolute atomic E-state index is 13.7. The lowest BCUT2D eigenvalue weighted by molar-refractivity contribution is 0.145. The Morgan fingerprint density at radius 3 is 2.55 bits per heavy atom. The Labute approximate surface area is 187 Å². The monoisotopic (exact) mass is 519 g/mol. The molecule has 5 nitrogen and oxygen atoms in total. The standard InChI is InChI=1S/C21H27F2N3O2.HI/c1-15-4-5-17(20(12-15)28-11-10-27-3)14-26-21(24-2)25-9-8-16-13-18(22)6-7-19(16)23;/h4-7,12-13H,8-11,14H2,1-3H3,(H2,24,25,26);1H. The van der Waals surface area contributed by atoms with Crippen LogP contribution in [0.3, 0.4) is 0 Å². The van der Waals surface area contributed by atoms with Gasteiger partial charge in [-0.1, -0.05) is 12.1 Å². The molecule has 160 valence electrons. The molecule has 0 atom stereocenters. The molecule has 0 unspecified atom stereocenters. The number of nitrogens with zero attached hydrogens (tertiary/aromatic N) is 1. The van der Waals surface area contributed by atoms with Crippen molar-refractivity contribution in [1.29, 1.82) is 0 Å². The fraction of sp³-hybridized carbons (Fsp3) is 0.381. The number of benzene rings is 2. The lowest BCUT2D eigenvalue weighted by Gasteiger charge is -2.15. The van der Waals surface area contributed by atoms with Gasteiger partial charge in [0.1, 0.15) is 24.0 Å². The average Bonchev–Trinajstić information content (AvgIpc) is 2.68. The van der Waals surface area contributed by atoms with Crippen molar-refractivity contribution in [2.75, 3.05) is 33.9 Å². The van der Waals surface area contributed by atoms with E-state index in [4.69, 9.17) is 9.47 Å². The molecule has 0 radical (unpaired) electrons. The maximum Gasteiger partial charge on any atom is 0.191 e. The van der Waals surface area contributed by atoms with Crippen LogP contribution in [-0.4, -0.2) is 39.9 Å². The van der Waals surface area contributed by atoms with Gasteiger partial charge in [-0.15, -0.1) is 24.0 Å². The first-order valence-corrected chi connectivity index (χ1v) is 9.13. The quantitative estimate of drug-likeness (QED) is 0.229. The van der Waals surface area contributed by atoms with E-state index in [1.807, 2.05) is 25.1 Å². The van der Waals surface area contributed by atoms with Crippen LogP contribution < -0.4 is 15.4 Å². The third-order valence-electron chi connectivity index (χ3n) is 4.13. The van der Waals surface area contributed by atoms with E-state index in [1.54, 1.807) is 14.2 Å². The smallest absolute Gasteiger partial charge is 0.191 e. The van der Waals surface area contributed by atoms with Crippen molar-refractivity contribution in [3.05, 3.63) is 64.7 Å². The summed E-state index contributed by atoms with van der Waals surface area (Å²) in [5, 5.41) is 6.32. The molecule has 0 amide bonds. The number of guanidine groups is 1. The summed E-state index contributed by atoms with van der Waals surface area (Å²) in [6, 6.07) is 9.46. The summed E-state index contributed by atoms with van der Waals surface area (Å²) in [7, 11) is 3.29. The Morgan fingerprint density at radius 1 is 1.03 bits per heavy atom. The van der Waals surface area contributed by atoms with Gasteiger partial charge in [0.05, 0.1) is 6.61 Å². The lowest BCUT2D eigenvalue weighted by Crippen LogP contribution is -2.38. The Bertz CT molecular complexity index is 803. The van der Waals surface area contributed by atoms with Crippen molar-refractivity contribution >= 4 is 29.9 Å². The zero-order valence-corrected chi connectivity index (χ0v) is 19.3. The number of hydrogen-bond donors (Lipinski definition) is 2. The summed E-state index contributed by atoms with van der Waals surface area (Å²) in [5.41, 5.74) is 2.42. The van der Waals surface area contributed by atoms with Crippen LogP contribution >= 0.6 is 24.0 Å². The molecule has 0 saturated heterocycles. The minimum absolute atomic E-state index is 0. The van der Waals surface area contributed by atoms with Crippen molar-refractivity contribution in [3.8, 4) is 5.75 Å². The van der Waals surface area contributed by atoms with Crippen LogP contribution in [0.1, 0.15) is 16.7 Å². The Kier molecular flexibility index (Phi) is 11.5. The van der Waals surface area contributed by atoms with Gasteiger partial charge in [-0.25, -0.2) is 8.78 Å². The van der Waals surface area contributed by atoms with Crippen LogP contribution in [0.2, 0.25) is 0 Å². The van der Waals surface area contributed by atoms with E-state index >= 15 is 0 Å². The largest absolute Gasteiger partial charge is 0.491 e. The highest BCUT2D eigenvalue weighted by molar-refractivity contribution is 14.0. The number of aliphatic imine (C=N–C) groups is 1. The van der Waals surface area contributed by atoms with Gasteiger partial charge in [0.2, 0.25) is 0 Å². The van der Waals surface area contributed by atoms with E-state index < -0.39 is 11.6 Å². The molecular weight excluding hydrogens is 491 g/mol. The summed E-state index contributed by atoms with van der Waals surface area (Å²) in [6.07, 6.45) is 0.347. The average molecular weight is 519 g/mol. The first-order valence-electron chi connectivity index (χ1n) is 9.13. The van der Waals surface area contributed by atoms with Crippen LogP contribution in [0, 0.1) is 18.6 Å². The lowest BCUT2D eigenvalue weighted by atomic mass is 10.1. The summed E-state index contributed by atoms with van der Waals surface area (Å²) in [5.74, 6) is 0.505. The molecule has 2 aromatic carbocycles. The summed E-state index contributed by atoms with van der Waals surface area (Å²) in [6.45, 7) is 3.92. The number of hydrogen-bond acceptors (Lipinski definition) is 3. The van der Waals surface area contributed by atoms with Gasteiger partial charge in [-0.2, -0.15) is 0 Å². The van der Waals surface area contributed by atoms with Crippen molar-refractivity contribution in [1.82, 2.24) is 10.6 Å². The first-order chi connectivity index (χ1) is 13.5. The minimum Gasteiger partial charge on any atom is -0.491 e. The van der Waals surface area contributed by atoms with E-state index in [0.29, 0.717) is 44.2 Å². The molecule has 0 aliphatic carbocycles. The van der Waals surface area contributed by atoms with Crippen LogP contribution in [-0.2, 0) is 17.7 Å². The van der Waals surface area contributed by atoms with Crippen LogP contribution in [0.25, 0.3) is 0 Å². The summed E-state index contributed by atoms with van der Waals surface area (Å²) in [4.78, 5) is 4.16. The van der Waals surface area contributed by atoms with E-state index in [0.717, 1.165) is 29.0 Å². The molecule has 2 aromatic rings.